The summed E-state index contributed by atoms with van der Waals surface area (Å²) in [6.07, 6.45) is 2.98. The Balaban J connectivity index is 2.07. The molecule has 0 saturated heterocycles. The number of aromatic amines is 1. The zero-order valence-electron chi connectivity index (χ0n) is 10.7. The minimum absolute atomic E-state index is 0.103. The van der Waals surface area contributed by atoms with Gasteiger partial charge in [0.05, 0.1) is 11.4 Å². The van der Waals surface area contributed by atoms with Crippen molar-refractivity contribution in [2.45, 2.75) is 18.0 Å². The highest BCUT2D eigenvalue weighted by molar-refractivity contribution is 7.89. The molecule has 0 atom stereocenters. The lowest BCUT2D eigenvalue weighted by molar-refractivity contribution is 0.577. The lowest BCUT2D eigenvalue weighted by Gasteiger charge is -2.04. The van der Waals surface area contributed by atoms with E-state index in [1.807, 2.05) is 0 Å². The molecule has 0 radical (unpaired) electrons. The molecule has 2 heterocycles. The van der Waals surface area contributed by atoms with Crippen molar-refractivity contribution in [3.05, 3.63) is 30.1 Å². The largest absolute Gasteiger partial charge is 0.363 e. The van der Waals surface area contributed by atoms with E-state index in [0.29, 0.717) is 12.4 Å². The van der Waals surface area contributed by atoms with Crippen molar-refractivity contribution in [2.24, 2.45) is 7.05 Å². The van der Waals surface area contributed by atoms with Gasteiger partial charge in [-0.15, -0.1) is 10.2 Å². The van der Waals surface area contributed by atoms with E-state index in [0.717, 1.165) is 5.69 Å². The summed E-state index contributed by atoms with van der Waals surface area (Å²) >= 11 is 0. The van der Waals surface area contributed by atoms with Crippen LogP contribution in [0.5, 0.6) is 0 Å². The number of hydrogen-bond donors (Lipinski definition) is 3. The molecule has 0 bridgehead atoms. The highest BCUT2D eigenvalue weighted by atomic mass is 32.2. The smallest absolute Gasteiger partial charge is 0.242 e. The molecule has 0 spiro atoms. The molecule has 104 valence electrons. The fourth-order valence-electron chi connectivity index (χ4n) is 1.58. The Labute approximate surface area is 111 Å². The van der Waals surface area contributed by atoms with Crippen molar-refractivity contribution in [3.63, 3.8) is 0 Å². The molecule has 0 amide bonds. The van der Waals surface area contributed by atoms with Crippen LogP contribution in [0.15, 0.2) is 23.5 Å². The zero-order chi connectivity index (χ0) is 13.9. The van der Waals surface area contributed by atoms with Gasteiger partial charge in [0, 0.05) is 25.5 Å². The third-order valence-electron chi connectivity index (χ3n) is 2.62. The molecular weight excluding hydrogens is 268 g/mol. The van der Waals surface area contributed by atoms with Crippen LogP contribution in [0.4, 0.5) is 0 Å². The van der Waals surface area contributed by atoms with Crippen LogP contribution < -0.4 is 10.0 Å². The molecule has 2 aromatic rings. The molecule has 0 aliphatic carbocycles. The summed E-state index contributed by atoms with van der Waals surface area (Å²) in [5.41, 5.74) is 0.807. The molecule has 2 aromatic heterocycles. The van der Waals surface area contributed by atoms with Gasteiger partial charge in [0.2, 0.25) is 10.0 Å². The maximum atomic E-state index is 12.0. The molecular formula is C10H16N6O2S. The number of nitrogens with zero attached hydrogens (tertiary/aromatic N) is 3. The normalized spacial score (nSPS) is 11.9. The fraction of sp³-hybridized carbons (Fsp3) is 0.400. The summed E-state index contributed by atoms with van der Waals surface area (Å²) in [4.78, 5) is 3.11. The Bertz CT molecular complexity index is 645. The van der Waals surface area contributed by atoms with Gasteiger partial charge >= 0.3 is 0 Å². The third-order valence-corrected chi connectivity index (χ3v) is 4.00. The molecule has 8 nitrogen and oxygen atoms in total. The standard InChI is InChI=1S/C10H16N6O2S/c1-11-4-8-3-9(5-12-8)19(17,18)14-6-10-15-13-7-16(10)2/h3,5,7,11-12,14H,4,6H2,1-2H3. The average molecular weight is 284 g/mol. The average Bonchev–Trinajstić information content (AvgIpc) is 2.97. The fourth-order valence-corrected chi connectivity index (χ4v) is 2.57. The first-order chi connectivity index (χ1) is 9.03. The first-order valence-electron chi connectivity index (χ1n) is 5.67. The van der Waals surface area contributed by atoms with Crippen molar-refractivity contribution >= 4 is 10.0 Å². The topological polar surface area (TPSA) is 105 Å². The van der Waals surface area contributed by atoms with E-state index in [-0.39, 0.29) is 11.4 Å². The second-order valence-electron chi connectivity index (χ2n) is 4.07. The summed E-state index contributed by atoms with van der Waals surface area (Å²) in [5.74, 6) is 0.551. The van der Waals surface area contributed by atoms with Crippen LogP contribution in [-0.2, 0) is 30.2 Å². The van der Waals surface area contributed by atoms with Crippen LogP contribution in [0.25, 0.3) is 0 Å². The van der Waals surface area contributed by atoms with Crippen molar-refractivity contribution in [2.75, 3.05) is 7.05 Å². The Morgan fingerprint density at radius 3 is 2.84 bits per heavy atom. The Kier molecular flexibility index (Phi) is 3.98. The first kappa shape index (κ1) is 13.7. The van der Waals surface area contributed by atoms with Crippen LogP contribution in [0.2, 0.25) is 0 Å². The van der Waals surface area contributed by atoms with E-state index >= 15 is 0 Å². The molecule has 0 aromatic carbocycles. The number of aryl methyl sites for hydroxylation is 1. The van der Waals surface area contributed by atoms with Crippen molar-refractivity contribution in [1.29, 1.82) is 0 Å². The molecule has 9 heteroatoms. The van der Waals surface area contributed by atoms with Gasteiger partial charge in [0.1, 0.15) is 12.2 Å². The van der Waals surface area contributed by atoms with E-state index in [1.165, 1.54) is 12.5 Å². The lowest BCUT2D eigenvalue weighted by atomic mass is 10.4. The third kappa shape index (κ3) is 3.19. The van der Waals surface area contributed by atoms with Gasteiger partial charge in [0.25, 0.3) is 0 Å². The summed E-state index contributed by atoms with van der Waals surface area (Å²) in [7, 11) is 0.00716. The van der Waals surface area contributed by atoms with E-state index < -0.39 is 10.0 Å². The Morgan fingerprint density at radius 2 is 2.21 bits per heavy atom. The summed E-state index contributed by atoms with van der Waals surface area (Å²) in [6, 6.07) is 1.59. The van der Waals surface area contributed by atoms with Crippen molar-refractivity contribution in [3.8, 4) is 0 Å². The first-order valence-corrected chi connectivity index (χ1v) is 7.15. The zero-order valence-corrected chi connectivity index (χ0v) is 11.5. The van der Waals surface area contributed by atoms with Gasteiger partial charge in [-0.1, -0.05) is 0 Å². The van der Waals surface area contributed by atoms with Crippen molar-refractivity contribution < 1.29 is 8.42 Å². The van der Waals surface area contributed by atoms with E-state index in [1.54, 1.807) is 24.7 Å². The summed E-state index contributed by atoms with van der Waals surface area (Å²) in [5, 5.41) is 10.4. The molecule has 0 saturated carbocycles. The molecule has 0 aliphatic heterocycles. The molecule has 0 fully saturated rings. The Morgan fingerprint density at radius 1 is 1.42 bits per heavy atom. The van der Waals surface area contributed by atoms with Gasteiger partial charge < -0.3 is 14.9 Å². The Hall–Kier alpha value is -1.71. The molecule has 0 aliphatic rings. The number of H-pyrrole nitrogens is 1. The molecule has 2 rings (SSSR count). The molecule has 0 unspecified atom stereocenters. The molecule has 19 heavy (non-hydrogen) atoms. The second-order valence-corrected chi connectivity index (χ2v) is 5.84. The molecule has 3 N–H and O–H groups in total. The van der Waals surface area contributed by atoms with Gasteiger partial charge in [-0.3, -0.25) is 0 Å². The number of sulfonamides is 1. The van der Waals surface area contributed by atoms with Crippen LogP contribution in [0.3, 0.4) is 0 Å². The van der Waals surface area contributed by atoms with Crippen LogP contribution in [-0.4, -0.2) is 35.2 Å². The highest BCUT2D eigenvalue weighted by Crippen LogP contribution is 2.10. The maximum Gasteiger partial charge on any atom is 0.242 e. The van der Waals surface area contributed by atoms with Gasteiger partial charge in [0.15, 0.2) is 0 Å². The highest BCUT2D eigenvalue weighted by Gasteiger charge is 2.16. The van der Waals surface area contributed by atoms with E-state index in [4.69, 9.17) is 0 Å². The number of rotatable bonds is 6. The van der Waals surface area contributed by atoms with E-state index in [9.17, 15) is 8.42 Å². The van der Waals surface area contributed by atoms with E-state index in [2.05, 4.69) is 25.2 Å². The summed E-state index contributed by atoms with van der Waals surface area (Å²) in [6.45, 7) is 0.685. The van der Waals surface area contributed by atoms with Crippen molar-refractivity contribution in [1.82, 2.24) is 29.8 Å². The van der Waals surface area contributed by atoms with Crippen LogP contribution in [0, 0.1) is 0 Å². The van der Waals surface area contributed by atoms with Gasteiger partial charge in [-0.25, -0.2) is 13.1 Å². The minimum atomic E-state index is -3.54. The predicted octanol–water partition coefficient (Wildman–Crippen LogP) is -0.659. The van der Waals surface area contributed by atoms with Crippen LogP contribution >= 0.6 is 0 Å². The van der Waals surface area contributed by atoms with Crippen LogP contribution in [0.1, 0.15) is 11.5 Å². The number of hydrogen-bond acceptors (Lipinski definition) is 5. The predicted molar refractivity (Wildman–Crippen MR) is 68.6 cm³/mol. The second kappa shape index (κ2) is 5.51. The quantitative estimate of drug-likeness (QED) is 0.653. The number of aromatic nitrogens is 4. The SMILES string of the molecule is CNCc1cc(S(=O)(=O)NCc2nncn2C)c[nH]1. The monoisotopic (exact) mass is 284 g/mol. The maximum absolute atomic E-state index is 12.0. The van der Waals surface area contributed by atoms with Gasteiger partial charge in [-0.2, -0.15) is 0 Å². The lowest BCUT2D eigenvalue weighted by Crippen LogP contribution is -2.24. The number of nitrogens with one attached hydrogen (secondary N) is 3. The van der Waals surface area contributed by atoms with Gasteiger partial charge in [-0.05, 0) is 13.1 Å². The summed E-state index contributed by atoms with van der Waals surface area (Å²) < 4.78 is 28.2. The minimum Gasteiger partial charge on any atom is -0.363 e.